The number of hydrogen-bond acceptors (Lipinski definition) is 5. The number of rotatable bonds is 5. The Kier molecular flexibility index (Phi) is 5.66. The van der Waals surface area contributed by atoms with Gasteiger partial charge >= 0.3 is 0 Å². The quantitative estimate of drug-likeness (QED) is 0.628. The first-order chi connectivity index (χ1) is 14.8. The second kappa shape index (κ2) is 8.26. The highest BCUT2D eigenvalue weighted by molar-refractivity contribution is 7.19. The van der Waals surface area contributed by atoms with E-state index in [4.69, 9.17) is 0 Å². The van der Waals surface area contributed by atoms with E-state index in [0.29, 0.717) is 29.2 Å². The van der Waals surface area contributed by atoms with Gasteiger partial charge in [0.05, 0.1) is 21.8 Å². The van der Waals surface area contributed by atoms with Crippen molar-refractivity contribution in [1.29, 1.82) is 0 Å². The van der Waals surface area contributed by atoms with E-state index in [1.54, 1.807) is 4.68 Å². The minimum absolute atomic E-state index is 0.203. The van der Waals surface area contributed by atoms with Crippen LogP contribution in [0.5, 0.6) is 0 Å². The summed E-state index contributed by atoms with van der Waals surface area (Å²) >= 11 is 1.45. The molecule has 1 fully saturated rings. The number of hydrogen-bond donors (Lipinski definition) is 2. The van der Waals surface area contributed by atoms with Crippen LogP contribution in [0.2, 0.25) is 0 Å². The van der Waals surface area contributed by atoms with Crippen LogP contribution < -0.4 is 10.6 Å². The Bertz CT molecular complexity index is 1130. The third-order valence-corrected chi connectivity index (χ3v) is 7.16. The van der Waals surface area contributed by atoms with E-state index in [1.165, 1.54) is 11.3 Å². The van der Waals surface area contributed by atoms with Gasteiger partial charge in [0.25, 0.3) is 11.8 Å². The van der Waals surface area contributed by atoms with Crippen molar-refractivity contribution in [2.24, 2.45) is 7.05 Å². The van der Waals surface area contributed by atoms with Crippen molar-refractivity contribution in [2.45, 2.75) is 52.0 Å². The van der Waals surface area contributed by atoms with E-state index in [-0.39, 0.29) is 11.8 Å². The standard InChI is InChI=1S/C23H27N5O2S/c1-14-18(16(3)28(4)27-14)20(29)26-23(12-8-9-13-23)21(30)25-22-24-15(2)19(31-22)17-10-6-5-7-11-17/h5-7,10-11H,8-9,12-13H2,1-4H3,(H,26,29)(H,24,25,30). The number of benzene rings is 1. The number of carbonyl (C=O) groups is 2. The summed E-state index contributed by atoms with van der Waals surface area (Å²) in [5.41, 5.74) is 3.00. The number of carbonyl (C=O) groups excluding carboxylic acids is 2. The molecule has 2 heterocycles. The minimum Gasteiger partial charge on any atom is -0.337 e. The summed E-state index contributed by atoms with van der Waals surface area (Å²) in [6.07, 6.45) is 3.01. The predicted molar refractivity (Wildman–Crippen MR) is 122 cm³/mol. The summed E-state index contributed by atoms with van der Waals surface area (Å²) in [5, 5.41) is 10.9. The minimum atomic E-state index is -0.932. The summed E-state index contributed by atoms with van der Waals surface area (Å²) in [7, 11) is 1.81. The molecule has 8 heteroatoms. The molecular weight excluding hydrogens is 410 g/mol. The molecule has 0 atom stereocenters. The maximum atomic E-state index is 13.4. The van der Waals surface area contributed by atoms with Gasteiger partial charge in [-0.1, -0.05) is 54.5 Å². The van der Waals surface area contributed by atoms with Crippen LogP contribution in [0.4, 0.5) is 5.13 Å². The third kappa shape index (κ3) is 3.99. The second-order valence-corrected chi connectivity index (χ2v) is 9.17. The number of nitrogens with zero attached hydrogens (tertiary/aromatic N) is 3. The molecule has 2 amide bonds. The molecule has 0 bridgehead atoms. The predicted octanol–water partition coefficient (Wildman–Crippen LogP) is 4.15. The average Bonchev–Trinajstić information content (AvgIpc) is 3.41. The third-order valence-electron chi connectivity index (χ3n) is 6.03. The number of anilines is 1. The fourth-order valence-electron chi connectivity index (χ4n) is 4.29. The van der Waals surface area contributed by atoms with Gasteiger partial charge in [0.2, 0.25) is 0 Å². The number of aromatic nitrogens is 3. The fourth-order valence-corrected chi connectivity index (χ4v) is 5.26. The van der Waals surface area contributed by atoms with Crippen molar-refractivity contribution >= 4 is 28.3 Å². The van der Waals surface area contributed by atoms with Crippen molar-refractivity contribution in [3.63, 3.8) is 0 Å². The first-order valence-electron chi connectivity index (χ1n) is 10.5. The zero-order valence-corrected chi connectivity index (χ0v) is 19.1. The van der Waals surface area contributed by atoms with Crippen LogP contribution in [0.15, 0.2) is 30.3 Å². The molecule has 3 aromatic rings. The van der Waals surface area contributed by atoms with Gasteiger partial charge in [-0.05, 0) is 39.2 Å². The molecule has 31 heavy (non-hydrogen) atoms. The summed E-state index contributed by atoms with van der Waals surface area (Å²) in [5.74, 6) is -0.452. The van der Waals surface area contributed by atoms with Crippen LogP contribution in [0.1, 0.15) is 53.1 Å². The molecule has 0 saturated heterocycles. The van der Waals surface area contributed by atoms with E-state index in [2.05, 4.69) is 20.7 Å². The summed E-state index contributed by atoms with van der Waals surface area (Å²) in [6.45, 7) is 5.61. The highest BCUT2D eigenvalue weighted by Crippen LogP contribution is 2.35. The van der Waals surface area contributed by atoms with Crippen LogP contribution in [-0.4, -0.2) is 32.1 Å². The van der Waals surface area contributed by atoms with Crippen molar-refractivity contribution in [1.82, 2.24) is 20.1 Å². The van der Waals surface area contributed by atoms with Crippen LogP contribution in [-0.2, 0) is 11.8 Å². The number of amides is 2. The molecule has 1 aliphatic carbocycles. The summed E-state index contributed by atoms with van der Waals surface area (Å²) < 4.78 is 1.69. The Labute approximate surface area is 185 Å². The lowest BCUT2D eigenvalue weighted by Gasteiger charge is -2.28. The Balaban J connectivity index is 1.56. The molecule has 7 nitrogen and oxygen atoms in total. The Hall–Kier alpha value is -3.00. The lowest BCUT2D eigenvalue weighted by atomic mass is 9.95. The van der Waals surface area contributed by atoms with Crippen molar-refractivity contribution < 1.29 is 9.59 Å². The molecule has 4 rings (SSSR count). The molecule has 2 N–H and O–H groups in total. The Morgan fingerprint density at radius 3 is 2.35 bits per heavy atom. The summed E-state index contributed by atoms with van der Waals surface area (Å²) in [6, 6.07) is 10.0. The van der Waals surface area contributed by atoms with E-state index < -0.39 is 5.54 Å². The van der Waals surface area contributed by atoms with Gasteiger partial charge in [0.15, 0.2) is 5.13 Å². The molecule has 162 valence electrons. The monoisotopic (exact) mass is 437 g/mol. The first kappa shape index (κ1) is 21.2. The number of aryl methyl sites for hydroxylation is 3. The van der Waals surface area contributed by atoms with Gasteiger partial charge in [-0.3, -0.25) is 19.6 Å². The maximum absolute atomic E-state index is 13.4. The van der Waals surface area contributed by atoms with Crippen LogP contribution >= 0.6 is 11.3 Å². The largest absolute Gasteiger partial charge is 0.337 e. The topological polar surface area (TPSA) is 88.9 Å². The molecule has 1 saturated carbocycles. The van der Waals surface area contributed by atoms with Crippen LogP contribution in [0, 0.1) is 20.8 Å². The highest BCUT2D eigenvalue weighted by Gasteiger charge is 2.43. The lowest BCUT2D eigenvalue weighted by Crippen LogP contribution is -2.55. The molecule has 1 aliphatic rings. The van der Waals surface area contributed by atoms with Gasteiger partial charge < -0.3 is 5.32 Å². The molecule has 1 aromatic carbocycles. The van der Waals surface area contributed by atoms with E-state index in [9.17, 15) is 9.59 Å². The SMILES string of the molecule is Cc1nc(NC(=O)C2(NC(=O)c3c(C)nn(C)c3C)CCCC2)sc1-c1ccccc1. The average molecular weight is 438 g/mol. The first-order valence-corrected chi connectivity index (χ1v) is 11.3. The maximum Gasteiger partial charge on any atom is 0.255 e. The van der Waals surface area contributed by atoms with Gasteiger partial charge in [0, 0.05) is 12.7 Å². The van der Waals surface area contributed by atoms with Crippen LogP contribution in [0.3, 0.4) is 0 Å². The molecular formula is C23H27N5O2S. The normalized spacial score (nSPS) is 15.1. The van der Waals surface area contributed by atoms with Gasteiger partial charge in [-0.15, -0.1) is 0 Å². The zero-order valence-electron chi connectivity index (χ0n) is 18.3. The molecule has 2 aromatic heterocycles. The number of thiazole rings is 1. The van der Waals surface area contributed by atoms with E-state index >= 15 is 0 Å². The van der Waals surface area contributed by atoms with Gasteiger partial charge in [-0.2, -0.15) is 5.10 Å². The van der Waals surface area contributed by atoms with Crippen LogP contribution in [0.25, 0.3) is 10.4 Å². The lowest BCUT2D eigenvalue weighted by molar-refractivity contribution is -0.122. The zero-order chi connectivity index (χ0) is 22.2. The number of nitrogens with one attached hydrogen (secondary N) is 2. The smallest absolute Gasteiger partial charge is 0.255 e. The molecule has 0 spiro atoms. The highest BCUT2D eigenvalue weighted by atomic mass is 32.1. The van der Waals surface area contributed by atoms with Crippen molar-refractivity contribution in [2.75, 3.05) is 5.32 Å². The fraction of sp³-hybridized carbons (Fsp3) is 0.391. The van der Waals surface area contributed by atoms with E-state index in [1.807, 2.05) is 58.2 Å². The molecule has 0 radical (unpaired) electrons. The van der Waals surface area contributed by atoms with E-state index in [0.717, 1.165) is 34.7 Å². The Morgan fingerprint density at radius 1 is 1.06 bits per heavy atom. The Morgan fingerprint density at radius 2 is 1.74 bits per heavy atom. The van der Waals surface area contributed by atoms with Gasteiger partial charge in [0.1, 0.15) is 5.54 Å². The summed E-state index contributed by atoms with van der Waals surface area (Å²) in [4.78, 5) is 32.0. The van der Waals surface area contributed by atoms with Crippen molar-refractivity contribution in [3.05, 3.63) is 53.0 Å². The molecule has 0 aliphatic heterocycles. The second-order valence-electron chi connectivity index (χ2n) is 8.17. The van der Waals surface area contributed by atoms with Crippen molar-refractivity contribution in [3.8, 4) is 10.4 Å². The molecule has 0 unspecified atom stereocenters. The van der Waals surface area contributed by atoms with Gasteiger partial charge in [-0.25, -0.2) is 4.98 Å².